The zero-order chi connectivity index (χ0) is 16.7. The first-order chi connectivity index (χ1) is 10.9. The molecule has 0 unspecified atom stereocenters. The fourth-order valence-electron chi connectivity index (χ4n) is 2.66. The van der Waals surface area contributed by atoms with E-state index in [4.69, 9.17) is 4.74 Å². The smallest absolute Gasteiger partial charge is 0.417 e. The number of thioether (sulfide) groups is 1. The molecule has 2 aliphatic heterocycles. The summed E-state index contributed by atoms with van der Waals surface area (Å²) in [5.41, 5.74) is 0.873. The van der Waals surface area contributed by atoms with Gasteiger partial charge in [-0.05, 0) is 11.5 Å². The Balaban J connectivity index is 1.71. The largest absolute Gasteiger partial charge is 0.447 e. The molecule has 3 atom stereocenters. The van der Waals surface area contributed by atoms with Gasteiger partial charge < -0.3 is 4.74 Å². The number of hydrogen-bond acceptors (Lipinski definition) is 6. The van der Waals surface area contributed by atoms with Crippen molar-refractivity contribution in [3.63, 3.8) is 0 Å². The summed E-state index contributed by atoms with van der Waals surface area (Å²) < 4.78 is 5.00. The van der Waals surface area contributed by atoms with Crippen molar-refractivity contribution < 1.29 is 19.2 Å². The van der Waals surface area contributed by atoms with E-state index in [1.165, 1.54) is 28.8 Å². The maximum Gasteiger partial charge on any atom is 0.417 e. The average Bonchev–Trinajstić information content (AvgIpc) is 3.22. The van der Waals surface area contributed by atoms with Crippen LogP contribution < -0.4 is 0 Å². The van der Waals surface area contributed by atoms with E-state index in [0.29, 0.717) is 0 Å². The molecule has 1 aromatic rings. The normalized spacial score (nSPS) is 26.3. The third kappa shape index (κ3) is 2.90. The van der Waals surface area contributed by atoms with E-state index in [1.807, 2.05) is 13.8 Å². The van der Waals surface area contributed by atoms with Crippen LogP contribution in [-0.2, 0) is 9.53 Å². The number of amides is 2. The number of hydrogen-bond donors (Lipinski definition) is 0. The van der Waals surface area contributed by atoms with Crippen molar-refractivity contribution >= 4 is 29.4 Å². The van der Waals surface area contributed by atoms with Crippen molar-refractivity contribution in [3.05, 3.63) is 39.9 Å². The number of nitrogens with zero attached hydrogens (tertiary/aromatic N) is 2. The molecule has 0 aromatic heterocycles. The fourth-order valence-corrected chi connectivity index (χ4v) is 3.70. The number of ether oxygens (including phenoxy) is 1. The van der Waals surface area contributed by atoms with Crippen molar-refractivity contribution in [1.82, 2.24) is 4.90 Å². The Hall–Kier alpha value is -2.09. The molecule has 0 radical (unpaired) electrons. The van der Waals surface area contributed by atoms with Crippen LogP contribution in [0.3, 0.4) is 0 Å². The number of nitro benzene ring substituents is 1. The van der Waals surface area contributed by atoms with Crippen LogP contribution in [0.25, 0.3) is 0 Å². The molecule has 7 nitrogen and oxygen atoms in total. The molecule has 0 bridgehead atoms. The second kappa shape index (κ2) is 5.84. The minimum absolute atomic E-state index is 0.0188. The summed E-state index contributed by atoms with van der Waals surface area (Å²) in [5.74, 6) is -0.105. The molecule has 0 aliphatic carbocycles. The number of cyclic esters (lactones) is 1. The summed E-state index contributed by atoms with van der Waals surface area (Å²) in [6.45, 7) is 4.13. The Bertz CT molecular complexity index is 660. The number of nitro groups is 1. The first-order valence-corrected chi connectivity index (χ1v) is 8.24. The average molecular weight is 336 g/mol. The molecular weight excluding hydrogens is 320 g/mol. The number of benzene rings is 1. The number of carbonyl (C=O) groups is 2. The summed E-state index contributed by atoms with van der Waals surface area (Å²) in [7, 11) is 0. The van der Waals surface area contributed by atoms with E-state index < -0.39 is 11.0 Å². The van der Waals surface area contributed by atoms with Gasteiger partial charge in [0.15, 0.2) is 0 Å². The molecule has 2 aliphatic rings. The molecule has 0 spiro atoms. The Morgan fingerprint density at radius 2 is 2.04 bits per heavy atom. The summed E-state index contributed by atoms with van der Waals surface area (Å²) in [4.78, 5) is 35.9. The lowest BCUT2D eigenvalue weighted by atomic mass is 10.0. The molecule has 1 aromatic carbocycles. The molecule has 2 amide bonds. The zero-order valence-electron chi connectivity index (χ0n) is 12.7. The van der Waals surface area contributed by atoms with Gasteiger partial charge in [-0.15, -0.1) is 11.8 Å². The lowest BCUT2D eigenvalue weighted by molar-refractivity contribution is -0.384. The number of non-ortho nitro benzene ring substituents is 1. The minimum Gasteiger partial charge on any atom is -0.447 e. The van der Waals surface area contributed by atoms with Crippen LogP contribution in [0.4, 0.5) is 10.5 Å². The molecule has 8 heteroatoms. The molecule has 2 heterocycles. The third-order valence-corrected chi connectivity index (χ3v) is 5.37. The van der Waals surface area contributed by atoms with Gasteiger partial charge in [0.1, 0.15) is 11.9 Å². The van der Waals surface area contributed by atoms with Gasteiger partial charge in [-0.2, -0.15) is 0 Å². The summed E-state index contributed by atoms with van der Waals surface area (Å²) in [6.07, 6.45) is -0.580. The van der Waals surface area contributed by atoms with Gasteiger partial charge in [-0.1, -0.05) is 26.0 Å². The molecule has 23 heavy (non-hydrogen) atoms. The number of carbonyl (C=O) groups excluding carboxylic acids is 2. The summed E-state index contributed by atoms with van der Waals surface area (Å²) in [6, 6.07) is 5.94. The standard InChI is InChI=1S/C15H16N2O5S/c1-8(2)11-7-22-15(19)16(11)14(18)13-12(23-13)9-3-5-10(6-4-9)17(20)21/h3-6,8,11-13H,7H2,1-2H3/t11-,12-,13-/m1/s1. The highest BCUT2D eigenvalue weighted by atomic mass is 32.2. The SMILES string of the molecule is CC(C)[C@H]1COC(=O)N1C(=O)[C@@H]1S[C@@H]1c1ccc([N+](=O)[O-])cc1. The van der Waals surface area contributed by atoms with Crippen molar-refractivity contribution in [2.45, 2.75) is 30.4 Å². The lowest BCUT2D eigenvalue weighted by Crippen LogP contribution is -2.43. The highest BCUT2D eigenvalue weighted by Gasteiger charge is 2.52. The van der Waals surface area contributed by atoms with Gasteiger partial charge in [0.25, 0.3) is 5.69 Å². The van der Waals surface area contributed by atoms with Crippen molar-refractivity contribution in [2.24, 2.45) is 5.92 Å². The number of rotatable bonds is 4. The Labute approximate surface area is 137 Å². The van der Waals surface area contributed by atoms with E-state index in [0.717, 1.165) is 5.56 Å². The summed E-state index contributed by atoms with van der Waals surface area (Å²) >= 11 is 1.45. The van der Waals surface area contributed by atoms with Gasteiger partial charge in [-0.3, -0.25) is 14.9 Å². The van der Waals surface area contributed by atoms with Gasteiger partial charge in [0, 0.05) is 12.1 Å². The third-order valence-electron chi connectivity index (χ3n) is 4.08. The van der Waals surface area contributed by atoms with E-state index >= 15 is 0 Å². The Morgan fingerprint density at radius 1 is 1.39 bits per heavy atom. The highest BCUT2D eigenvalue weighted by molar-refractivity contribution is 8.08. The van der Waals surface area contributed by atoms with Crippen LogP contribution in [-0.4, -0.2) is 39.7 Å². The molecular formula is C15H16N2O5S. The zero-order valence-corrected chi connectivity index (χ0v) is 13.5. The molecule has 0 N–H and O–H groups in total. The lowest BCUT2D eigenvalue weighted by Gasteiger charge is -2.22. The van der Waals surface area contributed by atoms with Crippen molar-refractivity contribution in [2.75, 3.05) is 6.61 Å². The van der Waals surface area contributed by atoms with Gasteiger partial charge >= 0.3 is 6.09 Å². The molecule has 0 saturated carbocycles. The second-order valence-electron chi connectivity index (χ2n) is 5.92. The summed E-state index contributed by atoms with van der Waals surface area (Å²) in [5, 5.41) is 10.3. The highest BCUT2D eigenvalue weighted by Crippen LogP contribution is 2.56. The van der Waals surface area contributed by atoms with Crippen molar-refractivity contribution in [1.29, 1.82) is 0 Å². The predicted octanol–water partition coefficient (Wildman–Crippen LogP) is 2.75. The van der Waals surface area contributed by atoms with Crippen molar-refractivity contribution in [3.8, 4) is 0 Å². The molecule has 3 rings (SSSR count). The van der Waals surface area contributed by atoms with Crippen LogP contribution in [0.15, 0.2) is 24.3 Å². The van der Waals surface area contributed by atoms with E-state index in [2.05, 4.69) is 0 Å². The Kier molecular flexibility index (Phi) is 4.01. The van der Waals surface area contributed by atoms with Gasteiger partial charge in [-0.25, -0.2) is 9.69 Å². The Morgan fingerprint density at radius 3 is 2.61 bits per heavy atom. The van der Waals surface area contributed by atoms with Crippen LogP contribution >= 0.6 is 11.8 Å². The molecule has 2 saturated heterocycles. The van der Waals surface area contributed by atoms with Gasteiger partial charge in [0.2, 0.25) is 5.91 Å². The fraction of sp³-hybridized carbons (Fsp3) is 0.467. The molecule has 2 fully saturated rings. The first kappa shape index (κ1) is 15.8. The van der Waals surface area contributed by atoms with Crippen LogP contribution in [0, 0.1) is 16.0 Å². The van der Waals surface area contributed by atoms with Crippen LogP contribution in [0.5, 0.6) is 0 Å². The second-order valence-corrected chi connectivity index (χ2v) is 7.21. The number of imide groups is 1. The maximum absolute atomic E-state index is 12.6. The molecule has 122 valence electrons. The first-order valence-electron chi connectivity index (χ1n) is 7.29. The van der Waals surface area contributed by atoms with Gasteiger partial charge in [0.05, 0.1) is 16.2 Å². The minimum atomic E-state index is -0.580. The van der Waals surface area contributed by atoms with E-state index in [9.17, 15) is 19.7 Å². The van der Waals surface area contributed by atoms with E-state index in [-0.39, 0.29) is 40.7 Å². The monoisotopic (exact) mass is 336 g/mol. The quantitative estimate of drug-likeness (QED) is 0.477. The maximum atomic E-state index is 12.6. The predicted molar refractivity (Wildman–Crippen MR) is 84.0 cm³/mol. The topological polar surface area (TPSA) is 89.8 Å². The van der Waals surface area contributed by atoms with Crippen LogP contribution in [0.2, 0.25) is 0 Å². The van der Waals surface area contributed by atoms with Crippen LogP contribution in [0.1, 0.15) is 24.7 Å². The van der Waals surface area contributed by atoms with E-state index in [1.54, 1.807) is 12.1 Å².